The summed E-state index contributed by atoms with van der Waals surface area (Å²) in [4.78, 5) is 16.3. The number of likely N-dealkylation sites (tertiary alicyclic amines) is 1. The van der Waals surface area contributed by atoms with E-state index < -0.39 is 17.8 Å². The van der Waals surface area contributed by atoms with Gasteiger partial charge in [-0.1, -0.05) is 24.3 Å². The molecule has 0 bridgehead atoms. The Bertz CT molecular complexity index is 1060. The van der Waals surface area contributed by atoms with Crippen LogP contribution in [-0.2, 0) is 6.18 Å². The summed E-state index contributed by atoms with van der Waals surface area (Å²) in [5.41, 5.74) is -0.175. The second-order valence-electron chi connectivity index (χ2n) is 6.73. The van der Waals surface area contributed by atoms with Crippen LogP contribution in [0.15, 0.2) is 42.6 Å². The summed E-state index contributed by atoms with van der Waals surface area (Å²) in [6.45, 7) is 0.777. The van der Waals surface area contributed by atoms with Gasteiger partial charge in [0.25, 0.3) is 0 Å². The summed E-state index contributed by atoms with van der Waals surface area (Å²) >= 11 is 0. The first-order valence-electron chi connectivity index (χ1n) is 8.86. The average Bonchev–Trinajstić information content (AvgIpc) is 3.17. The number of halogens is 3. The molecule has 1 aromatic carbocycles. The second-order valence-corrected chi connectivity index (χ2v) is 6.73. The quantitative estimate of drug-likeness (QED) is 0.690. The maximum absolute atomic E-state index is 12.8. The largest absolute Gasteiger partial charge is 0.465 e. The van der Waals surface area contributed by atoms with Gasteiger partial charge in [-0.3, -0.25) is 4.98 Å². The third-order valence-electron chi connectivity index (χ3n) is 4.82. The number of nitrogens with zero attached hydrogens (tertiary/aromatic N) is 4. The number of carboxylic acid groups (broad SMARTS) is 1. The first-order chi connectivity index (χ1) is 13.8. The van der Waals surface area contributed by atoms with Gasteiger partial charge in [0, 0.05) is 36.1 Å². The minimum absolute atomic E-state index is 0.0983. The number of anilines is 1. The van der Waals surface area contributed by atoms with Crippen LogP contribution in [0.1, 0.15) is 12.0 Å². The van der Waals surface area contributed by atoms with Crippen LogP contribution in [0.2, 0.25) is 0 Å². The molecule has 1 atom stereocenters. The van der Waals surface area contributed by atoms with E-state index in [4.69, 9.17) is 5.11 Å². The Hall–Kier alpha value is -3.43. The molecule has 1 amide bonds. The Morgan fingerprint density at radius 2 is 1.90 bits per heavy atom. The van der Waals surface area contributed by atoms with Crippen molar-refractivity contribution in [3.05, 3.63) is 48.2 Å². The highest BCUT2D eigenvalue weighted by molar-refractivity contribution is 5.99. The zero-order valence-corrected chi connectivity index (χ0v) is 15.0. The van der Waals surface area contributed by atoms with Crippen LogP contribution in [0.4, 0.5) is 23.8 Å². The van der Waals surface area contributed by atoms with Gasteiger partial charge in [0.15, 0.2) is 5.82 Å². The van der Waals surface area contributed by atoms with Gasteiger partial charge in [0.05, 0.1) is 11.3 Å². The summed E-state index contributed by atoms with van der Waals surface area (Å²) in [5, 5.41) is 22.1. The van der Waals surface area contributed by atoms with Crippen molar-refractivity contribution in [1.82, 2.24) is 20.1 Å². The molecule has 0 radical (unpaired) electrons. The molecule has 1 aliphatic rings. The third kappa shape index (κ3) is 3.78. The van der Waals surface area contributed by atoms with Crippen LogP contribution in [-0.4, -0.2) is 50.4 Å². The smallest absolute Gasteiger partial charge is 0.417 e. The number of hydrogen-bond acceptors (Lipinski definition) is 5. The topological polar surface area (TPSA) is 91.2 Å². The van der Waals surface area contributed by atoms with E-state index in [0.29, 0.717) is 36.4 Å². The first kappa shape index (κ1) is 18.9. The fourth-order valence-electron chi connectivity index (χ4n) is 3.35. The predicted molar refractivity (Wildman–Crippen MR) is 99.4 cm³/mol. The number of rotatable bonds is 3. The SMILES string of the molecule is O=C(O)N1CCC(Nc2nnc(-c3ccc(C(F)(F)F)cn3)c3ccccc23)C1. The molecule has 0 spiro atoms. The van der Waals surface area contributed by atoms with Gasteiger partial charge in [0.1, 0.15) is 5.69 Å². The number of carbonyl (C=O) groups is 1. The van der Waals surface area contributed by atoms with Crippen molar-refractivity contribution in [2.24, 2.45) is 0 Å². The molecule has 2 aromatic heterocycles. The highest BCUT2D eigenvalue weighted by atomic mass is 19.4. The number of alkyl halides is 3. The number of fused-ring (bicyclic) bond motifs is 1. The molecule has 29 heavy (non-hydrogen) atoms. The number of nitrogens with one attached hydrogen (secondary N) is 1. The van der Waals surface area contributed by atoms with Crippen LogP contribution in [0.3, 0.4) is 0 Å². The van der Waals surface area contributed by atoms with Gasteiger partial charge < -0.3 is 15.3 Å². The lowest BCUT2D eigenvalue weighted by Crippen LogP contribution is -2.30. The van der Waals surface area contributed by atoms with E-state index in [1.807, 2.05) is 12.1 Å². The number of aromatic nitrogens is 3. The second kappa shape index (κ2) is 7.19. The number of benzene rings is 1. The molecule has 3 heterocycles. The van der Waals surface area contributed by atoms with Gasteiger partial charge >= 0.3 is 12.3 Å². The Labute approximate surface area is 163 Å². The van der Waals surface area contributed by atoms with E-state index in [1.54, 1.807) is 12.1 Å². The summed E-state index contributed by atoms with van der Waals surface area (Å²) < 4.78 is 38.3. The lowest BCUT2D eigenvalue weighted by molar-refractivity contribution is -0.137. The number of pyridine rings is 1. The highest BCUT2D eigenvalue weighted by Gasteiger charge is 2.31. The molecule has 0 saturated carbocycles. The maximum Gasteiger partial charge on any atom is 0.417 e. The third-order valence-corrected chi connectivity index (χ3v) is 4.82. The van der Waals surface area contributed by atoms with Crippen LogP contribution in [0.25, 0.3) is 22.2 Å². The van der Waals surface area contributed by atoms with Gasteiger partial charge in [-0.15, -0.1) is 10.2 Å². The molecule has 1 unspecified atom stereocenters. The number of hydrogen-bond donors (Lipinski definition) is 2. The average molecular weight is 403 g/mol. The molecular formula is C19H16F3N5O2. The van der Waals surface area contributed by atoms with Gasteiger partial charge in [0.2, 0.25) is 0 Å². The van der Waals surface area contributed by atoms with E-state index in [0.717, 1.165) is 17.6 Å². The zero-order valence-electron chi connectivity index (χ0n) is 15.0. The first-order valence-corrected chi connectivity index (χ1v) is 8.86. The van der Waals surface area contributed by atoms with E-state index in [9.17, 15) is 18.0 Å². The lowest BCUT2D eigenvalue weighted by atomic mass is 10.1. The van der Waals surface area contributed by atoms with Gasteiger partial charge in [-0.2, -0.15) is 13.2 Å². The highest BCUT2D eigenvalue weighted by Crippen LogP contribution is 2.32. The molecule has 1 fully saturated rings. The molecule has 2 N–H and O–H groups in total. The normalized spacial score (nSPS) is 16.9. The van der Waals surface area contributed by atoms with E-state index in [2.05, 4.69) is 20.5 Å². The molecule has 150 valence electrons. The fraction of sp³-hybridized carbons (Fsp3) is 0.263. The van der Waals surface area contributed by atoms with Crippen LogP contribution >= 0.6 is 0 Å². The van der Waals surface area contributed by atoms with Crippen molar-refractivity contribution in [3.8, 4) is 11.4 Å². The molecule has 0 aliphatic carbocycles. The Morgan fingerprint density at radius 1 is 1.14 bits per heavy atom. The zero-order chi connectivity index (χ0) is 20.6. The molecule has 4 rings (SSSR count). The Morgan fingerprint density at radius 3 is 2.52 bits per heavy atom. The van der Waals surface area contributed by atoms with Crippen molar-refractivity contribution in [2.75, 3.05) is 18.4 Å². The Balaban J connectivity index is 1.66. The molecule has 3 aromatic rings. The van der Waals surface area contributed by atoms with E-state index in [-0.39, 0.29) is 11.7 Å². The molecule has 1 saturated heterocycles. The van der Waals surface area contributed by atoms with Crippen molar-refractivity contribution in [1.29, 1.82) is 0 Å². The predicted octanol–water partition coefficient (Wildman–Crippen LogP) is 3.87. The van der Waals surface area contributed by atoms with Crippen molar-refractivity contribution in [2.45, 2.75) is 18.6 Å². The molecule has 7 nitrogen and oxygen atoms in total. The summed E-state index contributed by atoms with van der Waals surface area (Å²) in [6.07, 6.45) is -4.01. The van der Waals surface area contributed by atoms with Crippen LogP contribution in [0, 0.1) is 0 Å². The van der Waals surface area contributed by atoms with Gasteiger partial charge in [-0.25, -0.2) is 4.79 Å². The minimum Gasteiger partial charge on any atom is -0.465 e. The van der Waals surface area contributed by atoms with Crippen molar-refractivity contribution in [3.63, 3.8) is 0 Å². The number of amides is 1. The monoisotopic (exact) mass is 403 g/mol. The van der Waals surface area contributed by atoms with Gasteiger partial charge in [-0.05, 0) is 18.6 Å². The van der Waals surface area contributed by atoms with E-state index >= 15 is 0 Å². The van der Waals surface area contributed by atoms with Crippen LogP contribution < -0.4 is 5.32 Å². The van der Waals surface area contributed by atoms with Crippen LogP contribution in [0.5, 0.6) is 0 Å². The summed E-state index contributed by atoms with van der Waals surface area (Å²) in [7, 11) is 0. The molecular weight excluding hydrogens is 387 g/mol. The van der Waals surface area contributed by atoms with Crippen molar-refractivity contribution >= 4 is 22.7 Å². The van der Waals surface area contributed by atoms with Crippen molar-refractivity contribution < 1.29 is 23.1 Å². The standard InChI is InChI=1S/C19H16F3N5O2/c20-19(21,22)11-5-6-15(23-9-11)16-13-3-1-2-4-14(13)17(26-25-16)24-12-7-8-27(10-12)18(28)29/h1-6,9,12H,7-8,10H2,(H,24,26)(H,28,29). The Kier molecular flexibility index (Phi) is 4.69. The minimum atomic E-state index is -4.46. The summed E-state index contributed by atoms with van der Waals surface area (Å²) in [5.74, 6) is 0.494. The molecule has 10 heteroatoms. The van der Waals surface area contributed by atoms with E-state index in [1.165, 1.54) is 11.0 Å². The fourth-order valence-corrected chi connectivity index (χ4v) is 3.35. The maximum atomic E-state index is 12.8. The lowest BCUT2D eigenvalue weighted by Gasteiger charge is -2.16. The summed E-state index contributed by atoms with van der Waals surface area (Å²) in [6, 6.07) is 9.36. The molecule has 1 aliphatic heterocycles.